The predicted octanol–water partition coefficient (Wildman–Crippen LogP) is 4.20. The van der Waals surface area contributed by atoms with Crippen LogP contribution in [0.5, 0.6) is 5.75 Å². The Labute approximate surface area is 167 Å². The zero-order valence-electron chi connectivity index (χ0n) is 15.7. The van der Waals surface area contributed by atoms with E-state index in [1.807, 2.05) is 48.5 Å². The zero-order valence-corrected chi connectivity index (χ0v) is 15.7. The topological polar surface area (TPSA) is 73.5 Å². The lowest BCUT2D eigenvalue weighted by Gasteiger charge is -2.09. The van der Waals surface area contributed by atoms with E-state index in [0.29, 0.717) is 23.4 Å². The van der Waals surface area contributed by atoms with Crippen molar-refractivity contribution in [1.82, 2.24) is 4.57 Å². The van der Waals surface area contributed by atoms with Gasteiger partial charge in [0, 0.05) is 18.7 Å². The third-order valence-corrected chi connectivity index (χ3v) is 4.52. The molecule has 29 heavy (non-hydrogen) atoms. The first kappa shape index (κ1) is 18.6. The van der Waals surface area contributed by atoms with Gasteiger partial charge in [0.15, 0.2) is 5.58 Å². The van der Waals surface area contributed by atoms with E-state index in [9.17, 15) is 9.59 Å². The fraction of sp³-hybridized carbons (Fsp3) is 0.130. The van der Waals surface area contributed by atoms with Crippen LogP contribution in [0.2, 0.25) is 0 Å². The number of amides is 1. The van der Waals surface area contributed by atoms with Crippen LogP contribution in [0.15, 0.2) is 88.1 Å². The highest BCUT2D eigenvalue weighted by Crippen LogP contribution is 2.18. The number of aromatic nitrogens is 1. The van der Waals surface area contributed by atoms with Crippen LogP contribution >= 0.6 is 0 Å². The molecule has 0 bridgehead atoms. The van der Waals surface area contributed by atoms with Gasteiger partial charge in [0.2, 0.25) is 5.91 Å². The monoisotopic (exact) mass is 388 g/mol. The lowest BCUT2D eigenvalue weighted by molar-refractivity contribution is -0.116. The van der Waals surface area contributed by atoms with Crippen molar-refractivity contribution >= 4 is 22.7 Å². The number of rotatable bonds is 7. The maximum Gasteiger partial charge on any atom is 0.419 e. The molecule has 0 aliphatic carbocycles. The number of benzene rings is 3. The largest absolute Gasteiger partial charge is 0.489 e. The molecule has 1 N–H and O–H groups in total. The first-order valence-electron chi connectivity index (χ1n) is 9.34. The van der Waals surface area contributed by atoms with Crippen molar-refractivity contribution in [1.29, 1.82) is 0 Å². The van der Waals surface area contributed by atoms with Crippen LogP contribution < -0.4 is 15.8 Å². The van der Waals surface area contributed by atoms with Crippen molar-refractivity contribution in [2.24, 2.45) is 0 Å². The molecule has 0 spiro atoms. The van der Waals surface area contributed by atoms with Gasteiger partial charge in [0.25, 0.3) is 0 Å². The number of fused-ring (bicyclic) bond motifs is 1. The minimum absolute atomic E-state index is 0.162. The van der Waals surface area contributed by atoms with Gasteiger partial charge in [0.1, 0.15) is 12.4 Å². The van der Waals surface area contributed by atoms with Gasteiger partial charge in [-0.05, 0) is 42.0 Å². The molecule has 146 valence electrons. The molecule has 1 heterocycles. The fourth-order valence-electron chi connectivity index (χ4n) is 3.04. The van der Waals surface area contributed by atoms with E-state index in [-0.39, 0.29) is 18.9 Å². The van der Waals surface area contributed by atoms with E-state index in [0.717, 1.165) is 11.3 Å². The van der Waals surface area contributed by atoms with Gasteiger partial charge in [-0.15, -0.1) is 0 Å². The third-order valence-electron chi connectivity index (χ3n) is 4.52. The third kappa shape index (κ3) is 4.55. The maximum atomic E-state index is 12.3. The zero-order chi connectivity index (χ0) is 20.1. The number of anilines is 1. The molecule has 0 fully saturated rings. The minimum Gasteiger partial charge on any atom is -0.489 e. The Balaban J connectivity index is 1.31. The van der Waals surface area contributed by atoms with Crippen molar-refractivity contribution in [3.05, 3.63) is 95.0 Å². The molecule has 0 aliphatic rings. The number of carbonyl (C=O) groups is 1. The Hall–Kier alpha value is -3.80. The molecule has 1 amide bonds. The first-order valence-corrected chi connectivity index (χ1v) is 9.34. The van der Waals surface area contributed by atoms with Crippen LogP contribution in [0.1, 0.15) is 12.0 Å². The van der Waals surface area contributed by atoms with Crippen molar-refractivity contribution in [2.45, 2.75) is 19.6 Å². The van der Waals surface area contributed by atoms with Crippen molar-refractivity contribution in [3.63, 3.8) is 0 Å². The normalized spacial score (nSPS) is 10.8. The molecule has 0 atom stereocenters. The molecule has 0 aliphatic heterocycles. The molecule has 4 aromatic rings. The Morgan fingerprint density at radius 2 is 1.66 bits per heavy atom. The summed E-state index contributed by atoms with van der Waals surface area (Å²) in [4.78, 5) is 24.2. The summed E-state index contributed by atoms with van der Waals surface area (Å²) in [5.74, 6) is 0.0855. The Kier molecular flexibility index (Phi) is 5.42. The summed E-state index contributed by atoms with van der Waals surface area (Å²) in [7, 11) is 0. The van der Waals surface area contributed by atoms with E-state index in [2.05, 4.69) is 5.32 Å². The van der Waals surface area contributed by atoms with Crippen LogP contribution in [0, 0.1) is 0 Å². The van der Waals surface area contributed by atoms with E-state index in [4.69, 9.17) is 9.15 Å². The summed E-state index contributed by atoms with van der Waals surface area (Å²) in [5, 5.41) is 2.83. The van der Waals surface area contributed by atoms with Gasteiger partial charge in [-0.1, -0.05) is 42.5 Å². The average molecular weight is 388 g/mol. The summed E-state index contributed by atoms with van der Waals surface area (Å²) in [6, 6.07) is 24.3. The molecule has 1 aromatic heterocycles. The lowest BCUT2D eigenvalue weighted by atomic mass is 10.2. The molecule has 3 aromatic carbocycles. The SMILES string of the molecule is O=C(CCn1c(=O)oc2ccccc21)Nc1ccc(OCc2ccccc2)cc1. The van der Waals surface area contributed by atoms with E-state index in [1.165, 1.54) is 4.57 Å². The van der Waals surface area contributed by atoms with Crippen LogP contribution in [0.25, 0.3) is 11.1 Å². The minimum atomic E-state index is -0.459. The number of aryl methyl sites for hydroxylation is 1. The maximum absolute atomic E-state index is 12.3. The van der Waals surface area contributed by atoms with Gasteiger partial charge in [-0.25, -0.2) is 4.79 Å². The van der Waals surface area contributed by atoms with E-state index in [1.54, 1.807) is 30.3 Å². The quantitative estimate of drug-likeness (QED) is 0.515. The number of nitrogens with one attached hydrogen (secondary N) is 1. The standard InChI is InChI=1S/C23H20N2O4/c26-22(14-15-25-20-8-4-5-9-21(20)29-23(25)27)24-18-10-12-19(13-11-18)28-16-17-6-2-1-3-7-17/h1-13H,14-16H2,(H,24,26). The molecule has 0 unspecified atom stereocenters. The lowest BCUT2D eigenvalue weighted by Crippen LogP contribution is -2.19. The first-order chi connectivity index (χ1) is 14.2. The summed E-state index contributed by atoms with van der Waals surface area (Å²) >= 11 is 0. The Bertz CT molecular complexity index is 1160. The molecular formula is C23H20N2O4. The highest BCUT2D eigenvalue weighted by atomic mass is 16.5. The van der Waals surface area contributed by atoms with Crippen molar-refractivity contribution in [2.75, 3.05) is 5.32 Å². The molecule has 0 radical (unpaired) electrons. The number of carbonyl (C=O) groups excluding carboxylic acids is 1. The molecule has 6 heteroatoms. The summed E-state index contributed by atoms with van der Waals surface area (Å²) in [5.41, 5.74) is 2.97. The predicted molar refractivity (Wildman–Crippen MR) is 111 cm³/mol. The highest BCUT2D eigenvalue weighted by molar-refractivity contribution is 5.90. The second-order valence-electron chi connectivity index (χ2n) is 6.58. The van der Waals surface area contributed by atoms with E-state index >= 15 is 0 Å². The molecule has 6 nitrogen and oxygen atoms in total. The molecular weight excluding hydrogens is 368 g/mol. The van der Waals surface area contributed by atoms with Crippen molar-refractivity contribution in [3.8, 4) is 5.75 Å². The summed E-state index contributed by atoms with van der Waals surface area (Å²) in [6.45, 7) is 0.736. The number of hydrogen-bond donors (Lipinski definition) is 1. The fourth-order valence-corrected chi connectivity index (χ4v) is 3.04. The number of nitrogens with zero attached hydrogens (tertiary/aromatic N) is 1. The van der Waals surface area contributed by atoms with Crippen LogP contribution in [0.3, 0.4) is 0 Å². The number of ether oxygens (including phenoxy) is 1. The van der Waals surface area contributed by atoms with E-state index < -0.39 is 5.76 Å². The molecule has 4 rings (SSSR count). The van der Waals surface area contributed by atoms with Gasteiger partial charge < -0.3 is 14.5 Å². The number of oxazole rings is 1. The molecule has 0 saturated heterocycles. The van der Waals surface area contributed by atoms with Crippen LogP contribution in [-0.4, -0.2) is 10.5 Å². The van der Waals surface area contributed by atoms with Gasteiger partial charge in [-0.3, -0.25) is 9.36 Å². The summed E-state index contributed by atoms with van der Waals surface area (Å²) in [6.07, 6.45) is 0.162. The Morgan fingerprint density at radius 3 is 2.45 bits per heavy atom. The van der Waals surface area contributed by atoms with Crippen LogP contribution in [0.4, 0.5) is 5.69 Å². The number of para-hydroxylation sites is 2. The highest BCUT2D eigenvalue weighted by Gasteiger charge is 2.10. The second-order valence-corrected chi connectivity index (χ2v) is 6.58. The smallest absolute Gasteiger partial charge is 0.419 e. The van der Waals surface area contributed by atoms with Crippen LogP contribution in [-0.2, 0) is 17.9 Å². The number of hydrogen-bond acceptors (Lipinski definition) is 4. The Morgan fingerprint density at radius 1 is 0.931 bits per heavy atom. The molecule has 0 saturated carbocycles. The second kappa shape index (κ2) is 8.48. The van der Waals surface area contributed by atoms with Gasteiger partial charge in [0.05, 0.1) is 5.52 Å². The summed E-state index contributed by atoms with van der Waals surface area (Å²) < 4.78 is 12.4. The van der Waals surface area contributed by atoms with Gasteiger partial charge in [-0.2, -0.15) is 0 Å². The van der Waals surface area contributed by atoms with Gasteiger partial charge >= 0.3 is 5.76 Å². The van der Waals surface area contributed by atoms with Crippen molar-refractivity contribution < 1.29 is 13.9 Å². The average Bonchev–Trinajstić information content (AvgIpc) is 3.07.